The van der Waals surface area contributed by atoms with E-state index < -0.39 is 11.9 Å². The molecule has 0 saturated carbocycles. The maximum absolute atomic E-state index is 12.6. The summed E-state index contributed by atoms with van der Waals surface area (Å²) in [5.74, 6) is -0.579. The molecule has 2 amide bonds. The van der Waals surface area contributed by atoms with Crippen LogP contribution < -0.4 is 0 Å². The predicted octanol–water partition coefficient (Wildman–Crippen LogP) is 2.51. The number of rotatable bonds is 4. The first-order chi connectivity index (χ1) is 11.2. The third-order valence-corrected chi connectivity index (χ3v) is 4.94. The quantitative estimate of drug-likeness (QED) is 0.775. The molecule has 2 rings (SSSR count). The first-order valence-corrected chi connectivity index (χ1v) is 8.28. The largest absolute Gasteiger partial charge is 0.434 e. The Morgan fingerprint density at radius 1 is 1.46 bits per heavy atom. The van der Waals surface area contributed by atoms with E-state index in [0.717, 1.165) is 22.8 Å². The van der Waals surface area contributed by atoms with Gasteiger partial charge in [-0.15, -0.1) is 11.3 Å². The fourth-order valence-corrected chi connectivity index (χ4v) is 3.52. The van der Waals surface area contributed by atoms with Gasteiger partial charge >= 0.3 is 6.18 Å². The van der Waals surface area contributed by atoms with Crippen LogP contribution in [0.1, 0.15) is 29.5 Å². The van der Waals surface area contributed by atoms with Gasteiger partial charge in [0.25, 0.3) is 0 Å². The second kappa shape index (κ2) is 7.33. The van der Waals surface area contributed by atoms with Crippen LogP contribution in [-0.4, -0.2) is 53.3 Å². The highest BCUT2D eigenvalue weighted by Crippen LogP contribution is 2.35. The van der Waals surface area contributed by atoms with Gasteiger partial charge in [-0.3, -0.25) is 9.59 Å². The fourth-order valence-electron chi connectivity index (χ4n) is 2.52. The molecule has 0 aromatic carbocycles. The molecule has 0 radical (unpaired) electrons. The van der Waals surface area contributed by atoms with Gasteiger partial charge in [0.2, 0.25) is 11.8 Å². The summed E-state index contributed by atoms with van der Waals surface area (Å²) in [6, 6.07) is 0. The van der Waals surface area contributed by atoms with Gasteiger partial charge in [0, 0.05) is 31.4 Å². The first kappa shape index (κ1) is 18.4. The second-order valence-electron chi connectivity index (χ2n) is 5.62. The van der Waals surface area contributed by atoms with Crippen LogP contribution in [0.25, 0.3) is 0 Å². The number of piperidine rings is 1. The van der Waals surface area contributed by atoms with Gasteiger partial charge < -0.3 is 9.80 Å². The maximum Gasteiger partial charge on any atom is 0.434 e. The van der Waals surface area contributed by atoms with E-state index in [1.165, 1.54) is 11.9 Å². The van der Waals surface area contributed by atoms with Crippen molar-refractivity contribution >= 4 is 23.2 Å². The third-order valence-electron chi connectivity index (χ3n) is 3.93. The Morgan fingerprint density at radius 2 is 2.08 bits per heavy atom. The van der Waals surface area contributed by atoms with Crippen LogP contribution in [0.3, 0.4) is 0 Å². The molecule has 0 aliphatic carbocycles. The Kier molecular flexibility index (Phi) is 5.63. The van der Waals surface area contributed by atoms with Crippen LogP contribution in [0.5, 0.6) is 0 Å². The van der Waals surface area contributed by atoms with Crippen LogP contribution in [-0.2, 0) is 15.8 Å². The molecule has 24 heavy (non-hydrogen) atoms. The topological polar surface area (TPSA) is 53.5 Å². The molecule has 0 atom stereocenters. The molecule has 1 fully saturated rings. The molecular weight excluding hydrogens is 343 g/mol. The third kappa shape index (κ3) is 4.34. The van der Waals surface area contributed by atoms with Crippen molar-refractivity contribution in [2.45, 2.75) is 24.9 Å². The van der Waals surface area contributed by atoms with E-state index in [-0.39, 0.29) is 24.3 Å². The molecule has 1 aromatic rings. The molecule has 132 valence electrons. The van der Waals surface area contributed by atoms with Crippen molar-refractivity contribution in [3.63, 3.8) is 0 Å². The van der Waals surface area contributed by atoms with Gasteiger partial charge in [-0.2, -0.15) is 13.2 Å². The molecule has 0 spiro atoms. The average Bonchev–Trinajstić information content (AvgIpc) is 3.04. The van der Waals surface area contributed by atoms with Gasteiger partial charge in [-0.25, -0.2) is 4.98 Å². The first-order valence-electron chi connectivity index (χ1n) is 7.40. The van der Waals surface area contributed by atoms with Crippen LogP contribution in [0.4, 0.5) is 13.2 Å². The van der Waals surface area contributed by atoms with Crippen molar-refractivity contribution < 1.29 is 22.8 Å². The van der Waals surface area contributed by atoms with Crippen molar-refractivity contribution in [2.24, 2.45) is 0 Å². The monoisotopic (exact) mass is 361 g/mol. The molecule has 1 aliphatic heterocycles. The van der Waals surface area contributed by atoms with Crippen LogP contribution in [0.15, 0.2) is 18.0 Å². The Bertz CT molecular complexity index is 622. The summed E-state index contributed by atoms with van der Waals surface area (Å²) >= 11 is 1.01. The molecule has 0 N–H and O–H groups in total. The highest BCUT2D eigenvalue weighted by molar-refractivity contribution is 7.09. The number of hydrogen-bond donors (Lipinski definition) is 0. The molecule has 1 aromatic heterocycles. The summed E-state index contributed by atoms with van der Waals surface area (Å²) < 4.78 is 37.8. The van der Waals surface area contributed by atoms with Gasteiger partial charge in [0.1, 0.15) is 0 Å². The summed E-state index contributed by atoms with van der Waals surface area (Å²) in [6.45, 7) is 4.22. The van der Waals surface area contributed by atoms with Crippen LogP contribution >= 0.6 is 11.3 Å². The Morgan fingerprint density at radius 3 is 2.58 bits per heavy atom. The van der Waals surface area contributed by atoms with E-state index in [4.69, 9.17) is 0 Å². The highest BCUT2D eigenvalue weighted by Gasteiger charge is 2.35. The molecule has 1 saturated heterocycles. The van der Waals surface area contributed by atoms with E-state index in [9.17, 15) is 22.8 Å². The van der Waals surface area contributed by atoms with Gasteiger partial charge in [-0.1, -0.05) is 6.58 Å². The lowest BCUT2D eigenvalue weighted by atomic mass is 9.97. The lowest BCUT2D eigenvalue weighted by Gasteiger charge is -2.32. The summed E-state index contributed by atoms with van der Waals surface area (Å²) in [4.78, 5) is 30.1. The Balaban J connectivity index is 1.89. The average molecular weight is 361 g/mol. The second-order valence-corrected chi connectivity index (χ2v) is 6.51. The number of thiazole rings is 1. The smallest absolute Gasteiger partial charge is 0.341 e. The lowest BCUT2D eigenvalue weighted by Crippen LogP contribution is -2.44. The predicted molar refractivity (Wildman–Crippen MR) is 83.5 cm³/mol. The number of carbonyl (C=O) groups is 2. The van der Waals surface area contributed by atoms with Crippen LogP contribution in [0, 0.1) is 0 Å². The lowest BCUT2D eigenvalue weighted by molar-refractivity contribution is -0.140. The minimum absolute atomic E-state index is 0.0367. The van der Waals surface area contributed by atoms with Crippen molar-refractivity contribution in [1.82, 2.24) is 14.8 Å². The molecule has 1 aliphatic rings. The zero-order valence-electron chi connectivity index (χ0n) is 13.2. The number of likely N-dealkylation sites (N-methyl/N-ethyl adjacent to an activating group) is 1. The van der Waals surface area contributed by atoms with E-state index in [0.29, 0.717) is 30.9 Å². The standard InChI is InChI=1S/C15H18F3N3O2S/c1-3-12(22)20(2)8-13(23)21-6-4-10(5-7-21)14-19-11(9-24-14)15(16,17)18/h3,9-10H,1,4-8H2,2H3. The molecule has 0 unspecified atom stereocenters. The normalized spacial score (nSPS) is 16.1. The van der Waals surface area contributed by atoms with E-state index in [1.54, 1.807) is 4.90 Å². The zero-order valence-corrected chi connectivity index (χ0v) is 14.0. The van der Waals surface area contributed by atoms with Crippen molar-refractivity contribution in [3.05, 3.63) is 28.7 Å². The van der Waals surface area contributed by atoms with Crippen LogP contribution in [0.2, 0.25) is 0 Å². The highest BCUT2D eigenvalue weighted by atomic mass is 32.1. The Hall–Kier alpha value is -1.90. The number of aromatic nitrogens is 1. The van der Waals surface area contributed by atoms with Crippen molar-refractivity contribution in [2.75, 3.05) is 26.7 Å². The van der Waals surface area contributed by atoms with Crippen molar-refractivity contribution in [3.8, 4) is 0 Å². The fraction of sp³-hybridized carbons (Fsp3) is 0.533. The number of alkyl halides is 3. The number of carbonyl (C=O) groups excluding carboxylic acids is 2. The molecule has 2 heterocycles. The number of likely N-dealkylation sites (tertiary alicyclic amines) is 1. The minimum atomic E-state index is -4.42. The molecular formula is C15H18F3N3O2S. The zero-order chi connectivity index (χ0) is 17.9. The van der Waals surface area contributed by atoms with Gasteiger partial charge in [0.15, 0.2) is 5.69 Å². The number of nitrogens with zero attached hydrogens (tertiary/aromatic N) is 3. The number of hydrogen-bond acceptors (Lipinski definition) is 4. The van der Waals surface area contributed by atoms with Crippen molar-refractivity contribution in [1.29, 1.82) is 0 Å². The van der Waals surface area contributed by atoms with Gasteiger partial charge in [0.05, 0.1) is 11.6 Å². The summed E-state index contributed by atoms with van der Waals surface area (Å²) in [5.41, 5.74) is -0.856. The number of amides is 2. The SMILES string of the molecule is C=CC(=O)N(C)CC(=O)N1CCC(c2nc(C(F)(F)F)cs2)CC1. The van der Waals surface area contributed by atoms with E-state index in [2.05, 4.69) is 11.6 Å². The molecule has 5 nitrogen and oxygen atoms in total. The summed E-state index contributed by atoms with van der Waals surface area (Å²) in [7, 11) is 1.52. The summed E-state index contributed by atoms with van der Waals surface area (Å²) in [6.07, 6.45) is -2.15. The van der Waals surface area contributed by atoms with Gasteiger partial charge in [-0.05, 0) is 18.9 Å². The van der Waals surface area contributed by atoms with E-state index in [1.807, 2.05) is 0 Å². The minimum Gasteiger partial charge on any atom is -0.341 e. The molecule has 9 heteroatoms. The number of halogens is 3. The Labute approximate surface area is 141 Å². The van der Waals surface area contributed by atoms with E-state index >= 15 is 0 Å². The maximum atomic E-state index is 12.6. The summed E-state index contributed by atoms with van der Waals surface area (Å²) in [5, 5.41) is 1.50. The molecule has 0 bridgehead atoms.